The molecule has 0 saturated carbocycles. The number of benzene rings is 2. The molecule has 0 aliphatic rings. The Hall–Kier alpha value is -3.08. The molecule has 0 saturated heterocycles. The minimum absolute atomic E-state index is 0.166. The lowest BCUT2D eigenvalue weighted by molar-refractivity contribution is 0.0749. The molecule has 3 rings (SSSR count). The van der Waals surface area contributed by atoms with E-state index in [4.69, 9.17) is 9.15 Å². The van der Waals surface area contributed by atoms with Crippen LogP contribution in [0.3, 0.4) is 0 Å². The minimum Gasteiger partial charge on any atom is -0.486 e. The first kappa shape index (κ1) is 18.7. The van der Waals surface area contributed by atoms with Crippen molar-refractivity contribution in [3.05, 3.63) is 88.6 Å². The van der Waals surface area contributed by atoms with Crippen molar-refractivity contribution in [2.75, 3.05) is 7.05 Å². The Balaban J connectivity index is 1.60. The Morgan fingerprint density at radius 2 is 1.81 bits per heavy atom. The van der Waals surface area contributed by atoms with Crippen molar-refractivity contribution in [3.8, 4) is 5.75 Å². The summed E-state index contributed by atoms with van der Waals surface area (Å²) < 4.78 is 24.0. The summed E-state index contributed by atoms with van der Waals surface area (Å²) in [7, 11) is 1.75. The van der Waals surface area contributed by atoms with Gasteiger partial charge in [0, 0.05) is 13.6 Å². The fourth-order valence-corrected chi connectivity index (χ4v) is 2.79. The zero-order valence-corrected chi connectivity index (χ0v) is 15.7. The van der Waals surface area contributed by atoms with Gasteiger partial charge in [-0.25, -0.2) is 4.39 Å². The molecule has 0 aliphatic carbocycles. The molecule has 1 aromatic heterocycles. The second-order valence-electron chi connectivity index (χ2n) is 6.60. The molecule has 0 fully saturated rings. The highest BCUT2D eigenvalue weighted by Crippen LogP contribution is 2.18. The van der Waals surface area contributed by atoms with Crippen molar-refractivity contribution in [3.63, 3.8) is 0 Å². The van der Waals surface area contributed by atoms with Crippen LogP contribution < -0.4 is 4.74 Å². The first-order valence-corrected chi connectivity index (χ1v) is 8.71. The van der Waals surface area contributed by atoms with Gasteiger partial charge in [0.15, 0.2) is 5.76 Å². The van der Waals surface area contributed by atoms with Crippen LogP contribution in [0.4, 0.5) is 4.39 Å². The lowest BCUT2D eigenvalue weighted by Crippen LogP contribution is -2.26. The summed E-state index contributed by atoms with van der Waals surface area (Å²) in [5.41, 5.74) is 3.45. The number of rotatable bonds is 6. The Labute approximate surface area is 158 Å². The van der Waals surface area contributed by atoms with Gasteiger partial charge in [-0.3, -0.25) is 4.79 Å². The van der Waals surface area contributed by atoms with Crippen LogP contribution in [-0.4, -0.2) is 17.9 Å². The van der Waals surface area contributed by atoms with E-state index in [0.717, 1.165) is 11.1 Å². The molecule has 0 spiro atoms. The van der Waals surface area contributed by atoms with Crippen molar-refractivity contribution in [2.24, 2.45) is 0 Å². The maximum Gasteiger partial charge on any atom is 0.289 e. The molecule has 0 bridgehead atoms. The van der Waals surface area contributed by atoms with Gasteiger partial charge in [-0.15, -0.1) is 0 Å². The molecule has 0 aliphatic heterocycles. The van der Waals surface area contributed by atoms with Crippen LogP contribution in [0.25, 0.3) is 0 Å². The predicted molar refractivity (Wildman–Crippen MR) is 101 cm³/mol. The van der Waals surface area contributed by atoms with E-state index in [1.165, 1.54) is 17.7 Å². The molecule has 0 unspecified atom stereocenters. The number of aryl methyl sites for hydroxylation is 2. The summed E-state index contributed by atoms with van der Waals surface area (Å²) in [4.78, 5) is 14.2. The van der Waals surface area contributed by atoms with E-state index in [-0.39, 0.29) is 24.1 Å². The Kier molecular flexibility index (Phi) is 5.60. The lowest BCUT2D eigenvalue weighted by Gasteiger charge is -2.17. The van der Waals surface area contributed by atoms with Crippen LogP contribution in [0, 0.1) is 19.7 Å². The molecule has 0 atom stereocenters. The summed E-state index contributed by atoms with van der Waals surface area (Å²) in [5.74, 6) is 0.818. The van der Waals surface area contributed by atoms with Crippen LogP contribution >= 0.6 is 0 Å². The number of halogens is 1. The standard InChI is InChI=1S/C22H22FNO3/c1-15-4-5-17(16(2)12-15)13-24(3)22(25)21-11-10-20(27-21)14-26-19-8-6-18(23)7-9-19/h4-12H,13-14H2,1-3H3. The summed E-state index contributed by atoms with van der Waals surface area (Å²) in [6.07, 6.45) is 0. The molecule has 0 radical (unpaired) electrons. The van der Waals surface area contributed by atoms with E-state index >= 15 is 0 Å². The molecule has 0 N–H and O–H groups in total. The summed E-state index contributed by atoms with van der Waals surface area (Å²) >= 11 is 0. The minimum atomic E-state index is -0.319. The van der Waals surface area contributed by atoms with E-state index in [1.807, 2.05) is 26.0 Å². The van der Waals surface area contributed by atoms with Crippen molar-refractivity contribution < 1.29 is 18.3 Å². The largest absolute Gasteiger partial charge is 0.486 e. The number of nitrogens with zero attached hydrogens (tertiary/aromatic N) is 1. The quantitative estimate of drug-likeness (QED) is 0.623. The molecule has 1 heterocycles. The second kappa shape index (κ2) is 8.08. The van der Waals surface area contributed by atoms with E-state index < -0.39 is 0 Å². The zero-order chi connectivity index (χ0) is 19.4. The van der Waals surface area contributed by atoms with Crippen molar-refractivity contribution in [1.29, 1.82) is 0 Å². The van der Waals surface area contributed by atoms with Crippen molar-refractivity contribution >= 4 is 5.91 Å². The summed E-state index contributed by atoms with van der Waals surface area (Å²) in [5, 5.41) is 0. The maximum atomic E-state index is 12.9. The predicted octanol–water partition coefficient (Wildman–Crippen LogP) is 4.89. The van der Waals surface area contributed by atoms with E-state index in [1.54, 1.807) is 36.2 Å². The topological polar surface area (TPSA) is 42.7 Å². The van der Waals surface area contributed by atoms with Crippen LogP contribution in [0.2, 0.25) is 0 Å². The van der Waals surface area contributed by atoms with Gasteiger partial charge in [0.25, 0.3) is 5.91 Å². The highest BCUT2D eigenvalue weighted by molar-refractivity contribution is 5.91. The molecule has 1 amide bonds. The number of hydrogen-bond donors (Lipinski definition) is 0. The first-order chi connectivity index (χ1) is 12.9. The van der Waals surface area contributed by atoms with Crippen LogP contribution in [0.15, 0.2) is 59.0 Å². The first-order valence-electron chi connectivity index (χ1n) is 8.71. The SMILES string of the molecule is Cc1ccc(CN(C)C(=O)c2ccc(COc3ccc(F)cc3)o2)c(C)c1. The monoisotopic (exact) mass is 367 g/mol. The average molecular weight is 367 g/mol. The van der Waals surface area contributed by atoms with E-state index in [2.05, 4.69) is 6.07 Å². The fraction of sp³-hybridized carbons (Fsp3) is 0.227. The smallest absolute Gasteiger partial charge is 0.289 e. The molecule has 27 heavy (non-hydrogen) atoms. The highest BCUT2D eigenvalue weighted by Gasteiger charge is 2.17. The molecular weight excluding hydrogens is 345 g/mol. The lowest BCUT2D eigenvalue weighted by atomic mass is 10.1. The van der Waals surface area contributed by atoms with Crippen LogP contribution in [0.5, 0.6) is 5.75 Å². The van der Waals surface area contributed by atoms with Gasteiger partial charge in [-0.2, -0.15) is 0 Å². The third-order valence-corrected chi connectivity index (χ3v) is 4.32. The zero-order valence-electron chi connectivity index (χ0n) is 15.7. The van der Waals surface area contributed by atoms with Crippen LogP contribution in [0.1, 0.15) is 33.0 Å². The van der Waals surface area contributed by atoms with Gasteiger partial charge in [0.1, 0.15) is 23.9 Å². The number of carbonyl (C=O) groups excluding carboxylic acids is 1. The molecule has 5 heteroatoms. The van der Waals surface area contributed by atoms with Gasteiger partial charge in [0.05, 0.1) is 0 Å². The number of furan rings is 1. The molecule has 2 aromatic carbocycles. The van der Waals surface area contributed by atoms with Crippen molar-refractivity contribution in [2.45, 2.75) is 27.0 Å². The van der Waals surface area contributed by atoms with Crippen molar-refractivity contribution in [1.82, 2.24) is 4.90 Å². The van der Waals surface area contributed by atoms with Gasteiger partial charge < -0.3 is 14.1 Å². The summed E-state index contributed by atoms with van der Waals surface area (Å²) in [6, 6.07) is 15.3. The Morgan fingerprint density at radius 1 is 1.07 bits per heavy atom. The van der Waals surface area contributed by atoms with E-state index in [0.29, 0.717) is 18.1 Å². The second-order valence-corrected chi connectivity index (χ2v) is 6.60. The van der Waals surface area contributed by atoms with E-state index in [9.17, 15) is 9.18 Å². The number of ether oxygens (including phenoxy) is 1. The maximum absolute atomic E-state index is 12.9. The third kappa shape index (κ3) is 4.76. The third-order valence-electron chi connectivity index (χ3n) is 4.32. The number of amides is 1. The van der Waals surface area contributed by atoms with Gasteiger partial charge in [0.2, 0.25) is 0 Å². The molecule has 3 aromatic rings. The molecule has 140 valence electrons. The molecular formula is C22H22FNO3. The highest BCUT2D eigenvalue weighted by atomic mass is 19.1. The summed E-state index contributed by atoms with van der Waals surface area (Å²) in [6.45, 7) is 4.76. The van der Waals surface area contributed by atoms with Gasteiger partial charge in [-0.1, -0.05) is 23.8 Å². The Bertz CT molecular complexity index is 931. The van der Waals surface area contributed by atoms with Gasteiger partial charge in [-0.05, 0) is 61.4 Å². The normalized spacial score (nSPS) is 10.7. The fourth-order valence-electron chi connectivity index (χ4n) is 2.79. The number of carbonyl (C=O) groups is 1. The average Bonchev–Trinajstić information content (AvgIpc) is 3.12. The Morgan fingerprint density at radius 3 is 2.52 bits per heavy atom. The number of hydrogen-bond acceptors (Lipinski definition) is 3. The van der Waals surface area contributed by atoms with Gasteiger partial charge >= 0.3 is 0 Å². The molecule has 4 nitrogen and oxygen atoms in total. The van der Waals surface area contributed by atoms with Crippen LogP contribution in [-0.2, 0) is 13.2 Å².